The Bertz CT molecular complexity index is 729. The van der Waals surface area contributed by atoms with Crippen LogP contribution in [-0.2, 0) is 30.0 Å². The number of alkyl halides is 3. The number of esters is 2. The number of rotatable bonds is 3. The van der Waals surface area contributed by atoms with Crippen molar-refractivity contribution < 1.29 is 41.4 Å². The largest absolute Gasteiger partial charge is 0.466 e. The molecular formula is C15H13F4NO5. The quantitative estimate of drug-likeness (QED) is 0.606. The highest BCUT2D eigenvalue weighted by molar-refractivity contribution is 6.03. The van der Waals surface area contributed by atoms with Gasteiger partial charge in [0, 0.05) is 5.69 Å². The van der Waals surface area contributed by atoms with Gasteiger partial charge < -0.3 is 19.1 Å². The van der Waals surface area contributed by atoms with Crippen LogP contribution in [0, 0.1) is 5.82 Å². The Morgan fingerprint density at radius 3 is 2.36 bits per heavy atom. The highest BCUT2D eigenvalue weighted by atomic mass is 19.4. The van der Waals surface area contributed by atoms with Crippen molar-refractivity contribution in [3.8, 4) is 0 Å². The van der Waals surface area contributed by atoms with E-state index in [-0.39, 0.29) is 30.3 Å². The van der Waals surface area contributed by atoms with E-state index in [1.165, 1.54) is 0 Å². The summed E-state index contributed by atoms with van der Waals surface area (Å²) in [5.74, 6) is -3.34. The molecular weight excluding hydrogens is 350 g/mol. The zero-order valence-electron chi connectivity index (χ0n) is 13.1. The van der Waals surface area contributed by atoms with Crippen LogP contribution in [0.1, 0.15) is 5.56 Å². The molecule has 1 aliphatic rings. The van der Waals surface area contributed by atoms with Crippen molar-refractivity contribution in [2.45, 2.75) is 6.18 Å². The molecule has 0 saturated carbocycles. The van der Waals surface area contributed by atoms with Gasteiger partial charge in [-0.25, -0.2) is 14.0 Å². The second-order valence-electron chi connectivity index (χ2n) is 4.88. The van der Waals surface area contributed by atoms with Gasteiger partial charge in [-0.2, -0.15) is 13.2 Å². The maximum absolute atomic E-state index is 13.5. The SMILES string of the molecule is COC(=O)C1=C(C(=O)OC)N(c2ccc(F)c(C(F)(F)F)c2)COC1. The fourth-order valence-electron chi connectivity index (χ4n) is 2.25. The average Bonchev–Trinajstić information content (AvgIpc) is 2.59. The summed E-state index contributed by atoms with van der Waals surface area (Å²) in [7, 11) is 2.12. The Morgan fingerprint density at radius 1 is 1.16 bits per heavy atom. The van der Waals surface area contributed by atoms with Crippen LogP contribution in [0.5, 0.6) is 0 Å². The van der Waals surface area contributed by atoms with Gasteiger partial charge in [0.05, 0.1) is 32.0 Å². The molecule has 2 rings (SSSR count). The van der Waals surface area contributed by atoms with E-state index in [2.05, 4.69) is 9.47 Å². The molecule has 0 unspecified atom stereocenters. The van der Waals surface area contributed by atoms with Crippen molar-refractivity contribution in [3.05, 3.63) is 40.8 Å². The number of hydrogen-bond acceptors (Lipinski definition) is 6. The van der Waals surface area contributed by atoms with Gasteiger partial charge >= 0.3 is 18.1 Å². The van der Waals surface area contributed by atoms with Crippen molar-refractivity contribution in [2.75, 3.05) is 32.5 Å². The van der Waals surface area contributed by atoms with Crippen LogP contribution >= 0.6 is 0 Å². The van der Waals surface area contributed by atoms with Gasteiger partial charge in [-0.3, -0.25) is 0 Å². The Hall–Kier alpha value is -2.62. The molecule has 0 atom stereocenters. The molecule has 136 valence electrons. The second-order valence-corrected chi connectivity index (χ2v) is 4.88. The molecule has 0 bridgehead atoms. The van der Waals surface area contributed by atoms with Gasteiger partial charge in [-0.05, 0) is 18.2 Å². The number of carbonyl (C=O) groups excluding carboxylic acids is 2. The Labute approximate surface area is 139 Å². The van der Waals surface area contributed by atoms with Crippen molar-refractivity contribution in [3.63, 3.8) is 0 Å². The van der Waals surface area contributed by atoms with Gasteiger partial charge in [-0.1, -0.05) is 0 Å². The molecule has 1 heterocycles. The van der Waals surface area contributed by atoms with Gasteiger partial charge in [0.15, 0.2) is 0 Å². The van der Waals surface area contributed by atoms with E-state index in [1.807, 2.05) is 0 Å². The van der Waals surface area contributed by atoms with Gasteiger partial charge in [0.1, 0.15) is 18.2 Å². The number of carbonyl (C=O) groups is 2. The molecule has 25 heavy (non-hydrogen) atoms. The number of methoxy groups -OCH3 is 2. The molecule has 10 heteroatoms. The van der Waals surface area contributed by atoms with Crippen LogP contribution in [0.3, 0.4) is 0 Å². The van der Waals surface area contributed by atoms with E-state index in [4.69, 9.17) is 4.74 Å². The molecule has 0 saturated heterocycles. The third kappa shape index (κ3) is 3.73. The summed E-state index contributed by atoms with van der Waals surface area (Å²) in [6.45, 7) is -0.630. The van der Waals surface area contributed by atoms with Crippen LogP contribution in [0.25, 0.3) is 0 Å². The third-order valence-corrected chi connectivity index (χ3v) is 3.40. The minimum Gasteiger partial charge on any atom is -0.466 e. The van der Waals surface area contributed by atoms with E-state index >= 15 is 0 Å². The number of benzene rings is 1. The summed E-state index contributed by atoms with van der Waals surface area (Å²) in [6.07, 6.45) is -4.93. The highest BCUT2D eigenvalue weighted by Crippen LogP contribution is 2.35. The minimum absolute atomic E-state index is 0.199. The second kappa shape index (κ2) is 7.09. The van der Waals surface area contributed by atoms with E-state index in [0.717, 1.165) is 25.2 Å². The number of nitrogens with zero attached hydrogens (tertiary/aromatic N) is 1. The lowest BCUT2D eigenvalue weighted by Gasteiger charge is -2.31. The van der Waals surface area contributed by atoms with Gasteiger partial charge in [0.25, 0.3) is 0 Å². The van der Waals surface area contributed by atoms with E-state index in [0.29, 0.717) is 12.1 Å². The number of anilines is 1. The first kappa shape index (κ1) is 18.7. The predicted octanol–water partition coefficient (Wildman–Crippen LogP) is 2.24. The normalized spacial score (nSPS) is 15.2. The van der Waals surface area contributed by atoms with Crippen molar-refractivity contribution >= 4 is 17.6 Å². The van der Waals surface area contributed by atoms with Gasteiger partial charge in [0.2, 0.25) is 0 Å². The minimum atomic E-state index is -4.93. The summed E-state index contributed by atoms with van der Waals surface area (Å²) in [4.78, 5) is 24.9. The Morgan fingerprint density at radius 2 is 1.80 bits per heavy atom. The zero-order valence-corrected chi connectivity index (χ0v) is 13.1. The first-order valence-electron chi connectivity index (χ1n) is 6.82. The first-order valence-corrected chi connectivity index (χ1v) is 6.82. The fourth-order valence-corrected chi connectivity index (χ4v) is 2.25. The summed E-state index contributed by atoms with van der Waals surface area (Å²) >= 11 is 0. The maximum atomic E-state index is 13.5. The third-order valence-electron chi connectivity index (χ3n) is 3.40. The van der Waals surface area contributed by atoms with E-state index in [9.17, 15) is 27.2 Å². The standard InChI is InChI=1S/C15H13F4NO5/c1-23-13(21)9-6-25-7-20(12(9)14(22)24-2)8-3-4-11(16)10(5-8)15(17,18)19/h3-5H,6-7H2,1-2H3. The van der Waals surface area contributed by atoms with Crippen LogP contribution < -0.4 is 4.90 Å². The number of hydrogen-bond donors (Lipinski definition) is 0. The predicted molar refractivity (Wildman–Crippen MR) is 75.8 cm³/mol. The maximum Gasteiger partial charge on any atom is 0.419 e. The Kier molecular flexibility index (Phi) is 5.31. The molecule has 0 fully saturated rings. The highest BCUT2D eigenvalue weighted by Gasteiger charge is 2.37. The van der Waals surface area contributed by atoms with Crippen molar-refractivity contribution in [1.29, 1.82) is 0 Å². The average molecular weight is 363 g/mol. The molecule has 1 aromatic carbocycles. The molecule has 0 aliphatic carbocycles. The number of ether oxygens (including phenoxy) is 3. The first-order chi connectivity index (χ1) is 11.7. The smallest absolute Gasteiger partial charge is 0.419 e. The zero-order chi connectivity index (χ0) is 18.8. The lowest BCUT2D eigenvalue weighted by molar-refractivity contribution is -0.140. The van der Waals surface area contributed by atoms with Crippen LogP contribution in [0.2, 0.25) is 0 Å². The van der Waals surface area contributed by atoms with Gasteiger partial charge in [-0.15, -0.1) is 0 Å². The lowest BCUT2D eigenvalue weighted by Crippen LogP contribution is -2.39. The molecule has 1 aliphatic heterocycles. The topological polar surface area (TPSA) is 65.1 Å². The summed E-state index contributed by atoms with van der Waals surface area (Å²) in [5.41, 5.74) is -2.27. The molecule has 0 aromatic heterocycles. The molecule has 0 radical (unpaired) electrons. The van der Waals surface area contributed by atoms with Crippen molar-refractivity contribution in [1.82, 2.24) is 0 Å². The molecule has 0 amide bonds. The summed E-state index contributed by atoms with van der Waals surface area (Å²) < 4.78 is 66.5. The fraction of sp³-hybridized carbons (Fsp3) is 0.333. The van der Waals surface area contributed by atoms with Crippen LogP contribution in [0.4, 0.5) is 23.2 Å². The molecule has 0 N–H and O–H groups in total. The van der Waals surface area contributed by atoms with Crippen LogP contribution in [-0.4, -0.2) is 39.5 Å². The molecule has 1 aromatic rings. The van der Waals surface area contributed by atoms with E-state index < -0.39 is 29.5 Å². The van der Waals surface area contributed by atoms with E-state index in [1.54, 1.807) is 0 Å². The van der Waals surface area contributed by atoms with Crippen molar-refractivity contribution in [2.24, 2.45) is 0 Å². The monoisotopic (exact) mass is 363 g/mol. The summed E-state index contributed by atoms with van der Waals surface area (Å²) in [5, 5.41) is 0. The molecule has 0 spiro atoms. The number of halogens is 4. The van der Waals surface area contributed by atoms with Crippen LogP contribution in [0.15, 0.2) is 29.5 Å². The Balaban J connectivity index is 2.60. The molecule has 6 nitrogen and oxygen atoms in total. The lowest BCUT2D eigenvalue weighted by atomic mass is 10.1. The summed E-state index contributed by atoms with van der Waals surface area (Å²) in [6, 6.07) is 2.15.